The Hall–Kier alpha value is -2.53. The molecule has 1 fully saturated rings. The van der Waals surface area contributed by atoms with Gasteiger partial charge in [0.2, 0.25) is 5.91 Å². The van der Waals surface area contributed by atoms with E-state index in [-0.39, 0.29) is 11.8 Å². The first-order valence-electron chi connectivity index (χ1n) is 8.75. The summed E-state index contributed by atoms with van der Waals surface area (Å²) in [6, 6.07) is 8.96. The number of halogens is 1. The van der Waals surface area contributed by atoms with Crippen LogP contribution in [0.2, 0.25) is 5.02 Å². The predicted octanol–water partition coefficient (Wildman–Crippen LogP) is 3.99. The van der Waals surface area contributed by atoms with Crippen molar-refractivity contribution in [3.63, 3.8) is 0 Å². The Bertz CT molecular complexity index is 873. The van der Waals surface area contributed by atoms with Gasteiger partial charge in [-0.1, -0.05) is 17.7 Å². The molecule has 134 valence electrons. The monoisotopic (exact) mass is 370 g/mol. The summed E-state index contributed by atoms with van der Waals surface area (Å²) in [5.74, 6) is 0.748. The molecular formula is C20H19ClN2O3. The number of rotatable bonds is 3. The maximum Gasteiger partial charge on any atom is 0.255 e. The van der Waals surface area contributed by atoms with Gasteiger partial charge in [-0.05, 0) is 43.2 Å². The van der Waals surface area contributed by atoms with Crippen LogP contribution in [0.15, 0.2) is 47.1 Å². The van der Waals surface area contributed by atoms with Crippen molar-refractivity contribution in [3.8, 4) is 0 Å². The van der Waals surface area contributed by atoms with Gasteiger partial charge >= 0.3 is 0 Å². The van der Waals surface area contributed by atoms with Crippen LogP contribution in [0, 0.1) is 0 Å². The van der Waals surface area contributed by atoms with E-state index in [0.717, 1.165) is 29.9 Å². The molecule has 0 unspecified atom stereocenters. The van der Waals surface area contributed by atoms with Crippen molar-refractivity contribution in [2.75, 3.05) is 24.5 Å². The van der Waals surface area contributed by atoms with Gasteiger partial charge in [0.1, 0.15) is 5.76 Å². The highest BCUT2D eigenvalue weighted by atomic mass is 35.5. The molecule has 2 aliphatic rings. The van der Waals surface area contributed by atoms with Crippen molar-refractivity contribution in [3.05, 3.63) is 59.0 Å². The van der Waals surface area contributed by atoms with E-state index in [1.165, 1.54) is 0 Å². The fraction of sp³-hybridized carbons (Fsp3) is 0.300. The fourth-order valence-corrected chi connectivity index (χ4v) is 3.69. The SMILES string of the molecule is O=C(c1cc(N2CCCC2=O)ccc1Cl)N1CCC=C(c2ccco2)C1. The predicted molar refractivity (Wildman–Crippen MR) is 100 cm³/mol. The van der Waals surface area contributed by atoms with Crippen LogP contribution in [0.1, 0.15) is 35.4 Å². The van der Waals surface area contributed by atoms with Crippen LogP contribution in [0.3, 0.4) is 0 Å². The standard InChI is InChI=1S/C20H19ClN2O3/c21-17-8-7-15(23-10-2-6-19(23)24)12-16(17)20(25)22-9-1-4-14(13-22)18-5-3-11-26-18/h3-5,7-8,11-12H,1-2,6,9-10,13H2. The van der Waals surface area contributed by atoms with Gasteiger partial charge in [-0.25, -0.2) is 0 Å². The third-order valence-corrected chi connectivity index (χ3v) is 5.17. The van der Waals surface area contributed by atoms with E-state index < -0.39 is 0 Å². The largest absolute Gasteiger partial charge is 0.465 e. The first kappa shape index (κ1) is 16.9. The first-order chi connectivity index (χ1) is 12.6. The summed E-state index contributed by atoms with van der Waals surface area (Å²) in [5.41, 5.74) is 2.17. The Morgan fingerprint density at radius 1 is 1.19 bits per heavy atom. The molecular weight excluding hydrogens is 352 g/mol. The molecule has 0 aliphatic carbocycles. The Labute approximate surface area is 156 Å². The lowest BCUT2D eigenvalue weighted by molar-refractivity contribution is -0.117. The summed E-state index contributed by atoms with van der Waals surface area (Å²) >= 11 is 6.31. The van der Waals surface area contributed by atoms with E-state index in [0.29, 0.717) is 36.6 Å². The molecule has 0 bridgehead atoms. The molecule has 4 rings (SSSR count). The number of hydrogen-bond donors (Lipinski definition) is 0. The molecule has 5 nitrogen and oxygen atoms in total. The molecule has 0 N–H and O–H groups in total. The Balaban J connectivity index is 1.58. The topological polar surface area (TPSA) is 53.8 Å². The second-order valence-electron chi connectivity index (χ2n) is 6.54. The zero-order valence-electron chi connectivity index (χ0n) is 14.3. The minimum absolute atomic E-state index is 0.0896. The highest BCUT2D eigenvalue weighted by Crippen LogP contribution is 2.29. The van der Waals surface area contributed by atoms with Crippen LogP contribution in [0.4, 0.5) is 5.69 Å². The van der Waals surface area contributed by atoms with Gasteiger partial charge in [0.25, 0.3) is 5.91 Å². The lowest BCUT2D eigenvalue weighted by atomic mass is 10.1. The number of furan rings is 1. The average molecular weight is 371 g/mol. The van der Waals surface area contributed by atoms with Gasteiger partial charge in [0, 0.05) is 37.3 Å². The molecule has 6 heteroatoms. The molecule has 3 heterocycles. The summed E-state index contributed by atoms with van der Waals surface area (Å²) in [7, 11) is 0. The van der Waals surface area contributed by atoms with Gasteiger partial charge in [0.15, 0.2) is 0 Å². The molecule has 1 saturated heterocycles. The second kappa shape index (κ2) is 7.00. The molecule has 26 heavy (non-hydrogen) atoms. The van der Waals surface area contributed by atoms with E-state index in [9.17, 15) is 9.59 Å². The van der Waals surface area contributed by atoms with Gasteiger partial charge in [0.05, 0.1) is 16.8 Å². The third kappa shape index (κ3) is 3.15. The summed E-state index contributed by atoms with van der Waals surface area (Å²) in [6.07, 6.45) is 5.89. The summed E-state index contributed by atoms with van der Waals surface area (Å²) < 4.78 is 5.45. The highest BCUT2D eigenvalue weighted by Gasteiger charge is 2.26. The average Bonchev–Trinajstić information content (AvgIpc) is 3.34. The number of benzene rings is 1. The Kier molecular flexibility index (Phi) is 4.55. The number of carbonyl (C=O) groups excluding carboxylic acids is 2. The van der Waals surface area contributed by atoms with Crippen molar-refractivity contribution in [2.45, 2.75) is 19.3 Å². The Morgan fingerprint density at radius 3 is 2.81 bits per heavy atom. The minimum atomic E-state index is -0.124. The maximum atomic E-state index is 13.1. The normalized spacial score (nSPS) is 17.6. The molecule has 2 aromatic rings. The van der Waals surface area contributed by atoms with Crippen LogP contribution in [0.25, 0.3) is 5.57 Å². The van der Waals surface area contributed by atoms with E-state index in [2.05, 4.69) is 6.08 Å². The number of anilines is 1. The van der Waals surface area contributed by atoms with Gasteiger partial charge < -0.3 is 14.2 Å². The Morgan fingerprint density at radius 2 is 2.08 bits per heavy atom. The summed E-state index contributed by atoms with van der Waals surface area (Å²) in [4.78, 5) is 28.6. The maximum absolute atomic E-state index is 13.1. The zero-order chi connectivity index (χ0) is 18.1. The quantitative estimate of drug-likeness (QED) is 0.820. The van der Waals surface area contributed by atoms with Gasteiger partial charge in [-0.15, -0.1) is 0 Å². The van der Waals surface area contributed by atoms with E-state index in [4.69, 9.17) is 16.0 Å². The lowest BCUT2D eigenvalue weighted by Gasteiger charge is -2.27. The van der Waals surface area contributed by atoms with Crippen LogP contribution in [0.5, 0.6) is 0 Å². The van der Waals surface area contributed by atoms with Gasteiger partial charge in [-0.3, -0.25) is 9.59 Å². The van der Waals surface area contributed by atoms with Crippen LogP contribution in [-0.2, 0) is 4.79 Å². The van der Waals surface area contributed by atoms with Crippen molar-refractivity contribution in [1.29, 1.82) is 0 Å². The first-order valence-corrected chi connectivity index (χ1v) is 9.13. The highest BCUT2D eigenvalue weighted by molar-refractivity contribution is 6.34. The molecule has 2 aliphatic heterocycles. The molecule has 1 aromatic carbocycles. The van der Waals surface area contributed by atoms with Crippen LogP contribution in [-0.4, -0.2) is 36.3 Å². The van der Waals surface area contributed by atoms with Crippen LogP contribution >= 0.6 is 11.6 Å². The van der Waals surface area contributed by atoms with Crippen LogP contribution < -0.4 is 4.90 Å². The molecule has 1 aromatic heterocycles. The number of carbonyl (C=O) groups is 2. The second-order valence-corrected chi connectivity index (χ2v) is 6.94. The van der Waals surface area contributed by atoms with E-state index in [1.807, 2.05) is 12.1 Å². The minimum Gasteiger partial charge on any atom is -0.465 e. The van der Waals surface area contributed by atoms with E-state index >= 15 is 0 Å². The number of nitrogens with zero attached hydrogens (tertiary/aromatic N) is 2. The van der Waals surface area contributed by atoms with Crippen molar-refractivity contribution < 1.29 is 14.0 Å². The third-order valence-electron chi connectivity index (χ3n) is 4.84. The molecule has 0 saturated carbocycles. The zero-order valence-corrected chi connectivity index (χ0v) is 15.0. The summed E-state index contributed by atoms with van der Waals surface area (Å²) in [6.45, 7) is 1.80. The molecule has 0 spiro atoms. The number of amides is 2. The fourth-order valence-electron chi connectivity index (χ4n) is 3.49. The van der Waals surface area contributed by atoms with Crippen molar-refractivity contribution >= 4 is 34.7 Å². The smallest absolute Gasteiger partial charge is 0.255 e. The van der Waals surface area contributed by atoms with Gasteiger partial charge in [-0.2, -0.15) is 0 Å². The number of hydrogen-bond acceptors (Lipinski definition) is 3. The van der Waals surface area contributed by atoms with E-state index in [1.54, 1.807) is 34.3 Å². The molecule has 0 radical (unpaired) electrons. The molecule has 2 amide bonds. The molecule has 0 atom stereocenters. The van der Waals surface area contributed by atoms with Crippen molar-refractivity contribution in [2.24, 2.45) is 0 Å². The summed E-state index contributed by atoms with van der Waals surface area (Å²) in [5, 5.41) is 0.402. The lowest BCUT2D eigenvalue weighted by Crippen LogP contribution is -2.35. The van der Waals surface area contributed by atoms with Crippen molar-refractivity contribution in [1.82, 2.24) is 4.90 Å².